The summed E-state index contributed by atoms with van der Waals surface area (Å²) in [5.74, 6) is 1.68. The number of aliphatic imine (C=N–C) groups is 1. The molecule has 2 unspecified atom stereocenters. The zero-order valence-corrected chi connectivity index (χ0v) is 19.4. The van der Waals surface area contributed by atoms with Crippen LogP contribution in [0.2, 0.25) is 0 Å². The number of dihydropyridines is 1. The van der Waals surface area contributed by atoms with Crippen molar-refractivity contribution in [3.63, 3.8) is 0 Å². The Labute approximate surface area is 194 Å². The maximum atomic E-state index is 15.2. The number of hydrogen-bond acceptors (Lipinski definition) is 7. The van der Waals surface area contributed by atoms with E-state index in [4.69, 9.17) is 4.74 Å². The number of benzene rings is 1. The molecule has 1 N–H and O–H groups in total. The maximum absolute atomic E-state index is 15.2. The smallest absolute Gasteiger partial charge is 0.414 e. The summed E-state index contributed by atoms with van der Waals surface area (Å²) in [4.78, 5) is 31.6. The van der Waals surface area contributed by atoms with Gasteiger partial charge in [-0.15, -0.1) is 0 Å². The molecule has 0 aliphatic carbocycles. The molecular weight excluding hydrogens is 451 g/mol. The number of halogens is 1. The lowest BCUT2D eigenvalue weighted by atomic mass is 9.80. The lowest BCUT2D eigenvalue weighted by molar-refractivity contribution is 0.132. The van der Waals surface area contributed by atoms with Crippen molar-refractivity contribution in [2.45, 2.75) is 18.4 Å². The van der Waals surface area contributed by atoms with Crippen molar-refractivity contribution in [2.24, 2.45) is 4.99 Å². The first-order valence-electron chi connectivity index (χ1n) is 10.7. The molecule has 178 valence electrons. The van der Waals surface area contributed by atoms with E-state index in [9.17, 15) is 14.1 Å². The average molecular weight is 479 g/mol. The van der Waals surface area contributed by atoms with E-state index in [2.05, 4.69) is 19.9 Å². The molecule has 3 aliphatic rings. The van der Waals surface area contributed by atoms with E-state index >= 15 is 4.39 Å². The molecule has 3 heterocycles. The number of rotatable bonds is 4. The number of anilines is 1. The Hall–Kier alpha value is -2.79. The Morgan fingerprint density at radius 2 is 2.18 bits per heavy atom. The van der Waals surface area contributed by atoms with Crippen LogP contribution in [0.25, 0.3) is 0 Å². The predicted molar refractivity (Wildman–Crippen MR) is 123 cm³/mol. The molecule has 0 radical (unpaired) electrons. The summed E-state index contributed by atoms with van der Waals surface area (Å²) in [6.07, 6.45) is 2.09. The lowest BCUT2D eigenvalue weighted by Crippen LogP contribution is -2.44. The summed E-state index contributed by atoms with van der Waals surface area (Å²) in [5, 5.41) is 2.49. The van der Waals surface area contributed by atoms with Gasteiger partial charge in [0.05, 0.1) is 45.5 Å². The molecule has 9 nitrogen and oxygen atoms in total. The molecule has 0 bridgehead atoms. The number of carbonyl (C=O) groups is 2. The SMILES string of the molecule is COC(=O)NCC1CN(c2ccc(C3(C)C=CC(N4CC[S+]([O-])CC4)=NC3)c(F)c2)C(=O)O1. The minimum absolute atomic E-state index is 0.103. The number of alkyl carbamates (subject to hydrolysis) is 1. The second kappa shape index (κ2) is 9.60. The van der Waals surface area contributed by atoms with Crippen molar-refractivity contribution >= 4 is 34.9 Å². The second-order valence-electron chi connectivity index (χ2n) is 8.41. The molecule has 2 amide bonds. The first kappa shape index (κ1) is 23.4. The Balaban J connectivity index is 1.42. The van der Waals surface area contributed by atoms with Crippen LogP contribution < -0.4 is 10.2 Å². The third kappa shape index (κ3) is 5.09. The standard InChI is InChI=1S/C22H27FN4O5S/c1-22(6-5-19(25-14-22)26-7-9-33(30)10-8-26)17-4-3-15(11-18(17)23)27-13-16(32-21(27)29)12-24-20(28)31-2/h3-6,11,16H,7-10,12-14H2,1-2H3,(H,24,28). The van der Waals surface area contributed by atoms with Crippen LogP contribution in [-0.2, 0) is 26.1 Å². The van der Waals surface area contributed by atoms with E-state index in [1.807, 2.05) is 19.1 Å². The second-order valence-corrected chi connectivity index (χ2v) is 10.1. The van der Waals surface area contributed by atoms with Crippen LogP contribution in [-0.4, -0.2) is 84.9 Å². The van der Waals surface area contributed by atoms with Gasteiger partial charge in [0.2, 0.25) is 0 Å². The minimum Gasteiger partial charge on any atom is -0.616 e. The van der Waals surface area contributed by atoms with E-state index in [0.29, 0.717) is 42.4 Å². The fourth-order valence-corrected chi connectivity index (χ4v) is 5.15. The minimum atomic E-state index is -0.757. The number of ether oxygens (including phenoxy) is 2. The van der Waals surface area contributed by atoms with E-state index in [0.717, 1.165) is 5.84 Å². The van der Waals surface area contributed by atoms with Gasteiger partial charge in [0.1, 0.15) is 29.3 Å². The van der Waals surface area contributed by atoms with E-state index in [1.54, 1.807) is 12.1 Å². The Morgan fingerprint density at radius 3 is 2.82 bits per heavy atom. The molecule has 3 aliphatic heterocycles. The number of methoxy groups -OCH3 is 1. The highest BCUT2D eigenvalue weighted by molar-refractivity contribution is 7.91. The molecule has 0 spiro atoms. The Morgan fingerprint density at radius 1 is 1.42 bits per heavy atom. The zero-order chi connectivity index (χ0) is 23.6. The van der Waals surface area contributed by atoms with Crippen LogP contribution in [0.1, 0.15) is 12.5 Å². The molecule has 2 atom stereocenters. The fraction of sp³-hybridized carbons (Fsp3) is 0.500. The van der Waals surface area contributed by atoms with Crippen LogP contribution in [0.3, 0.4) is 0 Å². The van der Waals surface area contributed by atoms with Crippen molar-refractivity contribution in [3.05, 3.63) is 41.7 Å². The van der Waals surface area contributed by atoms with Gasteiger partial charge in [0.25, 0.3) is 0 Å². The van der Waals surface area contributed by atoms with Crippen LogP contribution in [0.5, 0.6) is 0 Å². The van der Waals surface area contributed by atoms with Gasteiger partial charge in [-0.1, -0.05) is 30.2 Å². The number of nitrogens with one attached hydrogen (secondary N) is 1. The van der Waals surface area contributed by atoms with Crippen molar-refractivity contribution in [2.75, 3.05) is 56.2 Å². The van der Waals surface area contributed by atoms with Crippen LogP contribution in [0, 0.1) is 5.82 Å². The van der Waals surface area contributed by atoms with Gasteiger partial charge in [-0.25, -0.2) is 14.0 Å². The summed E-state index contributed by atoms with van der Waals surface area (Å²) in [6.45, 7) is 4.02. The third-order valence-corrected chi connectivity index (χ3v) is 7.36. The van der Waals surface area contributed by atoms with Crippen LogP contribution >= 0.6 is 0 Å². The van der Waals surface area contributed by atoms with E-state index in [-0.39, 0.29) is 13.1 Å². The highest BCUT2D eigenvalue weighted by atomic mass is 32.2. The van der Waals surface area contributed by atoms with Crippen molar-refractivity contribution in [3.8, 4) is 0 Å². The molecule has 1 aromatic rings. The molecule has 0 saturated carbocycles. The van der Waals surface area contributed by atoms with Crippen molar-refractivity contribution in [1.29, 1.82) is 0 Å². The molecule has 1 aromatic carbocycles. The number of amidine groups is 1. The largest absolute Gasteiger partial charge is 0.616 e. The fourth-order valence-electron chi connectivity index (χ4n) is 4.10. The maximum Gasteiger partial charge on any atom is 0.414 e. The summed E-state index contributed by atoms with van der Waals surface area (Å²) in [6, 6.07) is 4.69. The first-order chi connectivity index (χ1) is 15.8. The van der Waals surface area contributed by atoms with Crippen molar-refractivity contribution in [1.82, 2.24) is 10.2 Å². The number of nitrogens with zero attached hydrogens (tertiary/aromatic N) is 3. The Bertz CT molecular complexity index is 982. The number of hydrogen-bond donors (Lipinski definition) is 1. The van der Waals surface area contributed by atoms with Gasteiger partial charge in [-0.2, -0.15) is 0 Å². The molecule has 2 saturated heterocycles. The predicted octanol–water partition coefficient (Wildman–Crippen LogP) is 1.80. The monoisotopic (exact) mass is 478 g/mol. The normalized spacial score (nSPS) is 25.6. The molecule has 2 fully saturated rings. The highest BCUT2D eigenvalue weighted by Gasteiger charge is 2.35. The summed E-state index contributed by atoms with van der Waals surface area (Å²) in [5.41, 5.74) is 0.251. The third-order valence-electron chi connectivity index (χ3n) is 6.08. The molecule has 4 rings (SSSR count). The number of cyclic esters (lactones) is 1. The first-order valence-corrected chi connectivity index (χ1v) is 12.2. The van der Waals surface area contributed by atoms with Gasteiger partial charge < -0.3 is 24.2 Å². The topological polar surface area (TPSA) is 107 Å². The van der Waals surface area contributed by atoms with E-state index < -0.39 is 40.7 Å². The Kier molecular flexibility index (Phi) is 6.80. The van der Waals surface area contributed by atoms with Crippen LogP contribution in [0.4, 0.5) is 19.7 Å². The molecule has 0 aromatic heterocycles. The number of carbonyl (C=O) groups excluding carboxylic acids is 2. The van der Waals surface area contributed by atoms with Gasteiger partial charge in [-0.3, -0.25) is 9.89 Å². The quantitative estimate of drug-likeness (QED) is 0.662. The number of amides is 2. The summed E-state index contributed by atoms with van der Waals surface area (Å²) >= 11 is -0.757. The molecular formula is C22H27FN4O5S. The van der Waals surface area contributed by atoms with Gasteiger partial charge in [-0.05, 0) is 23.8 Å². The average Bonchev–Trinajstić information content (AvgIpc) is 3.19. The summed E-state index contributed by atoms with van der Waals surface area (Å²) < 4.78 is 36.5. The van der Waals surface area contributed by atoms with Gasteiger partial charge >= 0.3 is 12.2 Å². The van der Waals surface area contributed by atoms with E-state index in [1.165, 1.54) is 18.1 Å². The van der Waals surface area contributed by atoms with Crippen LogP contribution in [0.15, 0.2) is 35.3 Å². The zero-order valence-electron chi connectivity index (χ0n) is 18.6. The lowest BCUT2D eigenvalue weighted by Gasteiger charge is -2.34. The van der Waals surface area contributed by atoms with Gasteiger partial charge in [0, 0.05) is 5.41 Å². The summed E-state index contributed by atoms with van der Waals surface area (Å²) in [7, 11) is 1.25. The molecule has 11 heteroatoms. The van der Waals surface area contributed by atoms with Gasteiger partial charge in [0.15, 0.2) is 0 Å². The molecule has 33 heavy (non-hydrogen) atoms. The van der Waals surface area contributed by atoms with Crippen molar-refractivity contribution < 1.29 is 28.0 Å². The highest BCUT2D eigenvalue weighted by Crippen LogP contribution is 2.33.